The summed E-state index contributed by atoms with van der Waals surface area (Å²) in [5, 5.41) is 3.16. The lowest BCUT2D eigenvalue weighted by molar-refractivity contribution is 0.0898. The maximum Gasteiger partial charge on any atom is 0.261 e. The van der Waals surface area contributed by atoms with Gasteiger partial charge >= 0.3 is 0 Å². The molecule has 5 heterocycles. The van der Waals surface area contributed by atoms with Crippen LogP contribution in [0, 0.1) is 18.2 Å². The Labute approximate surface area is 222 Å². The van der Waals surface area contributed by atoms with Crippen LogP contribution in [0.25, 0.3) is 34.0 Å². The minimum absolute atomic E-state index is 0.108. The zero-order chi connectivity index (χ0) is 26.2. The lowest BCUT2D eigenvalue weighted by atomic mass is 10.00. The van der Waals surface area contributed by atoms with Gasteiger partial charge in [-0.1, -0.05) is 18.1 Å². The Balaban J connectivity index is 1.41. The molecule has 1 aliphatic heterocycles. The molecule has 0 aliphatic carbocycles. The summed E-state index contributed by atoms with van der Waals surface area (Å²) in [4.78, 5) is 29.9. The lowest BCUT2D eigenvalue weighted by Crippen LogP contribution is -2.49. The van der Waals surface area contributed by atoms with Crippen LogP contribution in [0.2, 0.25) is 0 Å². The summed E-state index contributed by atoms with van der Waals surface area (Å²) >= 11 is 1.29. The van der Waals surface area contributed by atoms with Gasteiger partial charge in [-0.2, -0.15) is 0 Å². The number of thiophene rings is 1. The first kappa shape index (κ1) is 24.0. The molecular weight excluding hydrogens is 503 g/mol. The largest absolute Gasteiger partial charge is 0.443 e. The smallest absolute Gasteiger partial charge is 0.261 e. The van der Waals surface area contributed by atoms with Gasteiger partial charge in [0.25, 0.3) is 5.91 Å². The summed E-state index contributed by atoms with van der Waals surface area (Å²) in [5.74, 6) is 2.95. The molecule has 0 radical (unpaired) electrons. The highest BCUT2D eigenvalue weighted by Crippen LogP contribution is 2.34. The number of pyridine rings is 1. The number of hydrogen-bond donors (Lipinski definition) is 1. The molecule has 8 nitrogen and oxygen atoms in total. The highest BCUT2D eigenvalue weighted by atomic mass is 32.1. The number of fused-ring (bicyclic) bond motifs is 1. The lowest BCUT2D eigenvalue weighted by Gasteiger charge is -2.37. The van der Waals surface area contributed by atoms with Gasteiger partial charge < -0.3 is 19.2 Å². The van der Waals surface area contributed by atoms with Crippen molar-refractivity contribution in [3.8, 4) is 35.3 Å². The van der Waals surface area contributed by atoms with Gasteiger partial charge in [-0.3, -0.25) is 4.79 Å². The van der Waals surface area contributed by atoms with Gasteiger partial charge in [-0.25, -0.2) is 19.3 Å². The summed E-state index contributed by atoms with van der Waals surface area (Å²) in [5.41, 5.74) is 2.37. The average molecular weight is 527 g/mol. The Morgan fingerprint density at radius 3 is 2.87 bits per heavy atom. The first-order valence-corrected chi connectivity index (χ1v) is 12.9. The molecule has 0 saturated carbocycles. The molecule has 1 aromatic carbocycles. The molecule has 38 heavy (non-hydrogen) atoms. The second-order valence-electron chi connectivity index (χ2n) is 9.27. The number of likely N-dealkylation sites (tertiary alicyclic amines) is 1. The van der Waals surface area contributed by atoms with E-state index >= 15 is 4.39 Å². The Kier molecular flexibility index (Phi) is 6.23. The van der Waals surface area contributed by atoms with Crippen LogP contribution in [0.3, 0.4) is 0 Å². The van der Waals surface area contributed by atoms with E-state index in [0.29, 0.717) is 57.8 Å². The molecule has 1 amide bonds. The molecule has 2 atom stereocenters. The molecule has 0 spiro atoms. The van der Waals surface area contributed by atoms with Crippen molar-refractivity contribution in [3.63, 3.8) is 0 Å². The molecule has 190 valence electrons. The number of carbonyl (C=O) groups excluding carboxylic acids is 1. The Morgan fingerprint density at radius 2 is 2.11 bits per heavy atom. The van der Waals surface area contributed by atoms with Crippen LogP contribution < -0.4 is 5.32 Å². The van der Waals surface area contributed by atoms with Crippen molar-refractivity contribution in [3.05, 3.63) is 76.7 Å². The number of terminal acetylenes is 1. The minimum Gasteiger partial charge on any atom is -0.443 e. The van der Waals surface area contributed by atoms with Crippen LogP contribution in [0.1, 0.15) is 27.0 Å². The molecule has 1 aliphatic rings. The van der Waals surface area contributed by atoms with Crippen molar-refractivity contribution in [1.29, 1.82) is 0 Å². The number of piperidine rings is 1. The van der Waals surface area contributed by atoms with Crippen LogP contribution in [-0.4, -0.2) is 56.5 Å². The second-order valence-corrected chi connectivity index (χ2v) is 10.4. The molecule has 10 heteroatoms. The van der Waals surface area contributed by atoms with E-state index in [0.717, 1.165) is 5.52 Å². The van der Waals surface area contributed by atoms with E-state index in [1.54, 1.807) is 42.7 Å². The summed E-state index contributed by atoms with van der Waals surface area (Å²) in [7, 11) is 2.01. The molecule has 1 saturated heterocycles. The number of imidazole rings is 1. The van der Waals surface area contributed by atoms with Gasteiger partial charge in [-0.05, 0) is 43.8 Å². The SMILES string of the molecule is C#Cc1ccc(C(=O)NC2CC(n3c(-c4ccccc4F)nc4cnc(-c5ncco5)cc43)CN(C)C2)s1. The molecule has 0 bridgehead atoms. The van der Waals surface area contributed by atoms with E-state index in [-0.39, 0.29) is 23.8 Å². The number of rotatable bonds is 5. The number of nitrogens with one attached hydrogen (secondary N) is 1. The van der Waals surface area contributed by atoms with Crippen molar-refractivity contribution >= 4 is 28.3 Å². The van der Waals surface area contributed by atoms with Crippen LogP contribution in [0.5, 0.6) is 0 Å². The number of hydrogen-bond acceptors (Lipinski definition) is 7. The number of oxazole rings is 1. The number of amides is 1. The third-order valence-electron chi connectivity index (χ3n) is 6.63. The van der Waals surface area contributed by atoms with Gasteiger partial charge in [0.2, 0.25) is 5.89 Å². The monoisotopic (exact) mass is 526 g/mol. The van der Waals surface area contributed by atoms with Gasteiger partial charge in [0, 0.05) is 19.1 Å². The average Bonchev–Trinajstić information content (AvgIpc) is 3.68. The van der Waals surface area contributed by atoms with E-state index < -0.39 is 0 Å². The quantitative estimate of drug-likeness (QED) is 0.337. The summed E-state index contributed by atoms with van der Waals surface area (Å²) in [6, 6.07) is 11.7. The van der Waals surface area contributed by atoms with E-state index in [1.807, 2.05) is 13.1 Å². The molecule has 2 unspecified atom stereocenters. The molecule has 4 aromatic heterocycles. The fourth-order valence-electron chi connectivity index (χ4n) is 5.04. The van der Waals surface area contributed by atoms with Gasteiger partial charge in [0.15, 0.2) is 0 Å². The van der Waals surface area contributed by atoms with Gasteiger partial charge in [0.05, 0.1) is 39.3 Å². The van der Waals surface area contributed by atoms with Gasteiger partial charge in [-0.15, -0.1) is 17.8 Å². The minimum atomic E-state index is -0.360. The fraction of sp³-hybridized carbons (Fsp3) is 0.214. The maximum absolute atomic E-state index is 15.0. The normalized spacial score (nSPS) is 17.9. The topological polar surface area (TPSA) is 89.1 Å². The standard InChI is InChI=1S/C28H23FN6O2S/c1-3-19-8-9-25(38-19)27(36)32-17-12-18(16-34(2)15-17)35-24-13-22(28-30-10-11-37-28)31-14-23(24)33-26(35)20-6-4-5-7-21(20)29/h1,4-11,13-14,17-18H,12,15-16H2,2H3,(H,32,36). The molecular formula is C28H23FN6O2S. The van der Waals surface area contributed by atoms with Gasteiger partial charge in [0.1, 0.15) is 29.1 Å². The molecule has 5 aromatic rings. The first-order chi connectivity index (χ1) is 18.5. The zero-order valence-electron chi connectivity index (χ0n) is 20.5. The van der Waals surface area contributed by atoms with E-state index in [9.17, 15) is 4.79 Å². The van der Waals surface area contributed by atoms with Crippen LogP contribution in [0.4, 0.5) is 4.39 Å². The predicted octanol–water partition coefficient (Wildman–Crippen LogP) is 4.61. The highest BCUT2D eigenvalue weighted by molar-refractivity contribution is 7.14. The van der Waals surface area contributed by atoms with E-state index in [2.05, 4.69) is 30.7 Å². The fourth-order valence-corrected chi connectivity index (χ4v) is 5.76. The van der Waals surface area contributed by atoms with E-state index in [1.165, 1.54) is 23.7 Å². The summed E-state index contributed by atoms with van der Waals surface area (Å²) in [6.07, 6.45) is 10.8. The molecule has 1 N–H and O–H groups in total. The third-order valence-corrected chi connectivity index (χ3v) is 7.64. The first-order valence-electron chi connectivity index (χ1n) is 12.1. The van der Waals surface area contributed by atoms with Crippen molar-refractivity contribution in [2.45, 2.75) is 18.5 Å². The highest BCUT2D eigenvalue weighted by Gasteiger charge is 2.31. The zero-order valence-corrected chi connectivity index (χ0v) is 21.3. The number of carbonyl (C=O) groups is 1. The second kappa shape index (κ2) is 9.85. The Bertz CT molecular complexity index is 1670. The summed E-state index contributed by atoms with van der Waals surface area (Å²) in [6.45, 7) is 1.37. The number of likely N-dealkylation sites (N-methyl/N-ethyl adjacent to an activating group) is 1. The van der Waals surface area contributed by atoms with Crippen LogP contribution in [-0.2, 0) is 0 Å². The van der Waals surface area contributed by atoms with Crippen LogP contribution >= 0.6 is 11.3 Å². The number of aromatic nitrogens is 4. The van der Waals surface area contributed by atoms with Crippen LogP contribution in [0.15, 0.2) is 65.5 Å². The molecule has 6 rings (SSSR count). The Hall–Kier alpha value is -4.33. The Morgan fingerprint density at radius 1 is 1.24 bits per heavy atom. The van der Waals surface area contributed by atoms with E-state index in [4.69, 9.17) is 15.8 Å². The number of nitrogens with zero attached hydrogens (tertiary/aromatic N) is 5. The third kappa shape index (κ3) is 4.47. The van der Waals surface area contributed by atoms with Crippen molar-refractivity contribution in [2.24, 2.45) is 0 Å². The number of halogens is 1. The molecule has 1 fully saturated rings. The summed E-state index contributed by atoms with van der Waals surface area (Å²) < 4.78 is 22.5. The number of benzene rings is 1. The van der Waals surface area contributed by atoms with Crippen molar-refractivity contribution < 1.29 is 13.6 Å². The predicted molar refractivity (Wildman–Crippen MR) is 143 cm³/mol. The maximum atomic E-state index is 15.0. The van der Waals surface area contributed by atoms with Crippen molar-refractivity contribution in [1.82, 2.24) is 29.7 Å². The van der Waals surface area contributed by atoms with Crippen molar-refractivity contribution in [2.75, 3.05) is 20.1 Å².